The van der Waals surface area contributed by atoms with Crippen molar-refractivity contribution in [2.75, 3.05) is 50.7 Å². The van der Waals surface area contributed by atoms with Crippen LogP contribution in [0.25, 0.3) is 0 Å². The zero-order chi connectivity index (χ0) is 27.3. The summed E-state index contributed by atoms with van der Waals surface area (Å²) in [6, 6.07) is 6.60. The summed E-state index contributed by atoms with van der Waals surface area (Å²) in [6.07, 6.45) is 2.33. The molecule has 1 atom stereocenters. The smallest absolute Gasteiger partial charge is 0.323 e. The van der Waals surface area contributed by atoms with Crippen LogP contribution in [0.2, 0.25) is 0 Å². The van der Waals surface area contributed by atoms with Gasteiger partial charge in [-0.15, -0.1) is 0 Å². The molecule has 2 aromatic rings. The van der Waals surface area contributed by atoms with E-state index in [1.54, 1.807) is 18.2 Å². The highest BCUT2D eigenvalue weighted by Crippen LogP contribution is 2.32. The number of carboxylic acids is 1. The number of carbonyl (C=O) groups excluding carboxylic acids is 1. The highest BCUT2D eigenvalue weighted by Gasteiger charge is 2.30. The van der Waals surface area contributed by atoms with Crippen molar-refractivity contribution in [1.29, 1.82) is 0 Å². The highest BCUT2D eigenvalue weighted by atomic mass is 32.2. The molecule has 4 N–H and O–H groups in total. The zero-order valence-electron chi connectivity index (χ0n) is 21.7. The Labute approximate surface area is 227 Å². The van der Waals surface area contributed by atoms with E-state index in [1.807, 2.05) is 13.8 Å². The van der Waals surface area contributed by atoms with Gasteiger partial charge < -0.3 is 20.6 Å². The lowest BCUT2D eigenvalue weighted by Gasteiger charge is -2.40. The number of amides is 1. The fourth-order valence-electron chi connectivity index (χ4n) is 4.77. The third-order valence-corrected chi connectivity index (χ3v) is 9.54. The predicted octanol–water partition coefficient (Wildman–Crippen LogP) is 1.30. The largest absolute Gasteiger partial charge is 0.480 e. The van der Waals surface area contributed by atoms with Gasteiger partial charge in [0.15, 0.2) is 5.13 Å². The predicted molar refractivity (Wildman–Crippen MR) is 146 cm³/mol. The van der Waals surface area contributed by atoms with Crippen LogP contribution in [0.3, 0.4) is 0 Å². The first kappa shape index (κ1) is 28.4. The number of carbonyl (C=O) groups is 2. The van der Waals surface area contributed by atoms with Crippen molar-refractivity contribution in [2.45, 2.75) is 49.6 Å². The number of thiazole rings is 1. The number of piperidine rings is 1. The second-order valence-corrected chi connectivity index (χ2v) is 12.6. The van der Waals surface area contributed by atoms with Gasteiger partial charge in [0, 0.05) is 38.8 Å². The van der Waals surface area contributed by atoms with E-state index in [-0.39, 0.29) is 10.8 Å². The normalized spacial score (nSPS) is 18.4. The molecular formula is C25H36N6O5S2. The van der Waals surface area contributed by atoms with Crippen LogP contribution in [0.1, 0.15) is 48.0 Å². The first-order valence-electron chi connectivity index (χ1n) is 12.9. The van der Waals surface area contributed by atoms with Gasteiger partial charge in [0.05, 0.1) is 10.6 Å². The van der Waals surface area contributed by atoms with Gasteiger partial charge in [0.1, 0.15) is 10.9 Å². The number of carboxylic acid groups (broad SMARTS) is 1. The molecule has 1 amide bonds. The van der Waals surface area contributed by atoms with Gasteiger partial charge in [-0.05, 0) is 44.0 Å². The number of nitrogens with zero attached hydrogens (tertiary/aromatic N) is 3. The summed E-state index contributed by atoms with van der Waals surface area (Å²) in [6.45, 7) is 9.19. The fourth-order valence-corrected chi connectivity index (χ4v) is 7.17. The third kappa shape index (κ3) is 6.89. The molecule has 4 rings (SSSR count). The Morgan fingerprint density at radius 2 is 1.79 bits per heavy atom. The molecule has 1 aromatic heterocycles. The van der Waals surface area contributed by atoms with Gasteiger partial charge in [0.25, 0.3) is 5.91 Å². The summed E-state index contributed by atoms with van der Waals surface area (Å²) in [4.78, 5) is 34.8. The number of hydrogen-bond acceptors (Lipinski definition) is 9. The van der Waals surface area contributed by atoms with Crippen molar-refractivity contribution in [3.05, 3.63) is 40.9 Å². The standard InChI is InChI=1S/C25H36N6O5S2/c1-17(2)21-22(37-25(28-21)31-14-12-30(13-15-31)18-8-10-26-11-9-18)23(32)27-16-20(24(33)34)29-38(35,36)19-6-4-3-5-7-19/h3-7,17-18,20,26,29H,8-16H2,1-2H3,(H,27,32)(H,33,34)/t20-/m0/s1. The van der Waals surface area contributed by atoms with Crippen LogP contribution in [0.4, 0.5) is 5.13 Å². The summed E-state index contributed by atoms with van der Waals surface area (Å²) in [5, 5.41) is 16.4. The van der Waals surface area contributed by atoms with Gasteiger partial charge in [-0.1, -0.05) is 43.4 Å². The molecule has 2 saturated heterocycles. The number of nitrogens with one attached hydrogen (secondary N) is 3. The lowest BCUT2D eigenvalue weighted by molar-refractivity contribution is -0.138. The minimum atomic E-state index is -4.07. The maximum Gasteiger partial charge on any atom is 0.323 e. The molecule has 38 heavy (non-hydrogen) atoms. The van der Waals surface area contributed by atoms with Crippen LogP contribution in [0, 0.1) is 0 Å². The number of hydrogen-bond donors (Lipinski definition) is 4. The number of piperazine rings is 1. The minimum absolute atomic E-state index is 0.0105. The second-order valence-electron chi connectivity index (χ2n) is 9.90. The van der Waals surface area contributed by atoms with Crippen LogP contribution in [0.5, 0.6) is 0 Å². The number of benzene rings is 1. The molecular weight excluding hydrogens is 528 g/mol. The topological polar surface area (TPSA) is 144 Å². The molecule has 2 aliphatic heterocycles. The molecule has 0 bridgehead atoms. The van der Waals surface area contributed by atoms with Crippen LogP contribution in [-0.4, -0.2) is 93.2 Å². The average Bonchev–Trinajstić information content (AvgIpc) is 3.38. The summed E-state index contributed by atoms with van der Waals surface area (Å²) < 4.78 is 27.4. The first-order valence-corrected chi connectivity index (χ1v) is 15.2. The molecule has 0 aliphatic carbocycles. The van der Waals surface area contributed by atoms with Crippen LogP contribution >= 0.6 is 11.3 Å². The number of anilines is 1. The van der Waals surface area contributed by atoms with Crippen molar-refractivity contribution in [3.63, 3.8) is 0 Å². The van der Waals surface area contributed by atoms with Crippen molar-refractivity contribution in [1.82, 2.24) is 25.2 Å². The van der Waals surface area contributed by atoms with Crippen LogP contribution in [-0.2, 0) is 14.8 Å². The molecule has 3 heterocycles. The van der Waals surface area contributed by atoms with Gasteiger partial charge in [0.2, 0.25) is 10.0 Å². The van der Waals surface area contributed by atoms with E-state index in [0.29, 0.717) is 16.6 Å². The Bertz CT molecular complexity index is 1210. The number of sulfonamides is 1. The van der Waals surface area contributed by atoms with Crippen molar-refractivity contribution < 1.29 is 23.1 Å². The Morgan fingerprint density at radius 1 is 1.13 bits per heavy atom. The molecule has 1 aromatic carbocycles. The number of aromatic nitrogens is 1. The van der Waals surface area contributed by atoms with E-state index in [0.717, 1.165) is 57.2 Å². The molecule has 208 valence electrons. The lowest BCUT2D eigenvalue weighted by atomic mass is 10.0. The van der Waals surface area contributed by atoms with Crippen LogP contribution in [0.15, 0.2) is 35.2 Å². The first-order chi connectivity index (χ1) is 18.2. The fraction of sp³-hybridized carbons (Fsp3) is 0.560. The quantitative estimate of drug-likeness (QED) is 0.336. The zero-order valence-corrected chi connectivity index (χ0v) is 23.4. The molecule has 0 radical (unpaired) electrons. The number of aliphatic carboxylic acids is 1. The maximum absolute atomic E-state index is 13.1. The van der Waals surface area contributed by atoms with E-state index < -0.39 is 34.5 Å². The minimum Gasteiger partial charge on any atom is -0.480 e. The molecule has 2 aliphatic rings. The molecule has 0 unspecified atom stereocenters. The summed E-state index contributed by atoms with van der Waals surface area (Å²) in [7, 11) is -4.07. The van der Waals surface area contributed by atoms with Crippen LogP contribution < -0.4 is 20.3 Å². The second kappa shape index (κ2) is 12.5. The summed E-state index contributed by atoms with van der Waals surface area (Å²) in [5.41, 5.74) is 0.653. The van der Waals surface area contributed by atoms with Gasteiger partial charge in [-0.2, -0.15) is 4.72 Å². The number of rotatable bonds is 10. The molecule has 2 fully saturated rings. The van der Waals surface area contributed by atoms with Gasteiger partial charge in [-0.25, -0.2) is 13.4 Å². The Kier molecular flexibility index (Phi) is 9.36. The maximum atomic E-state index is 13.1. The highest BCUT2D eigenvalue weighted by molar-refractivity contribution is 7.89. The van der Waals surface area contributed by atoms with E-state index in [9.17, 15) is 23.1 Å². The Balaban J connectivity index is 1.40. The van der Waals surface area contributed by atoms with Crippen molar-refractivity contribution in [3.8, 4) is 0 Å². The summed E-state index contributed by atoms with van der Waals surface area (Å²) in [5.74, 6) is -1.86. The van der Waals surface area contributed by atoms with Gasteiger partial charge in [-0.3, -0.25) is 14.5 Å². The van der Waals surface area contributed by atoms with E-state index >= 15 is 0 Å². The molecule has 11 nitrogen and oxygen atoms in total. The van der Waals surface area contributed by atoms with Gasteiger partial charge >= 0.3 is 5.97 Å². The summed E-state index contributed by atoms with van der Waals surface area (Å²) >= 11 is 1.30. The third-order valence-electron chi connectivity index (χ3n) is 6.92. The Hall–Kier alpha value is -2.58. The van der Waals surface area contributed by atoms with Crippen molar-refractivity contribution >= 4 is 38.4 Å². The molecule has 0 spiro atoms. The lowest BCUT2D eigenvalue weighted by Crippen LogP contribution is -2.52. The molecule has 0 saturated carbocycles. The van der Waals surface area contributed by atoms with E-state index in [1.165, 1.54) is 23.5 Å². The van der Waals surface area contributed by atoms with E-state index in [2.05, 4.69) is 25.2 Å². The Morgan fingerprint density at radius 3 is 2.39 bits per heavy atom. The molecule has 13 heteroatoms. The van der Waals surface area contributed by atoms with Crippen molar-refractivity contribution in [2.24, 2.45) is 0 Å². The average molecular weight is 565 g/mol. The SMILES string of the molecule is CC(C)c1nc(N2CCN(C3CCNCC3)CC2)sc1C(=O)NC[C@H](NS(=O)(=O)c1ccccc1)C(=O)O. The van der Waals surface area contributed by atoms with E-state index in [4.69, 9.17) is 4.98 Å². The monoisotopic (exact) mass is 564 g/mol.